The van der Waals surface area contributed by atoms with Crippen molar-refractivity contribution in [2.75, 3.05) is 26.2 Å². The normalized spacial score (nSPS) is 14.5. The highest BCUT2D eigenvalue weighted by Crippen LogP contribution is 2.36. The van der Waals surface area contributed by atoms with Gasteiger partial charge in [-0.05, 0) is 60.8 Å². The zero-order chi connectivity index (χ0) is 24.9. The molecule has 0 aliphatic carbocycles. The van der Waals surface area contributed by atoms with Gasteiger partial charge in [-0.1, -0.05) is 18.2 Å². The van der Waals surface area contributed by atoms with Gasteiger partial charge >= 0.3 is 0 Å². The van der Waals surface area contributed by atoms with Crippen molar-refractivity contribution in [3.63, 3.8) is 0 Å². The predicted molar refractivity (Wildman–Crippen MR) is 135 cm³/mol. The summed E-state index contributed by atoms with van der Waals surface area (Å²) in [6.45, 7) is 0. The van der Waals surface area contributed by atoms with Crippen molar-refractivity contribution in [1.29, 1.82) is 0 Å². The van der Waals surface area contributed by atoms with Crippen LogP contribution in [0.4, 0.5) is 5.69 Å². The third-order valence-electron chi connectivity index (χ3n) is 5.21. The lowest BCUT2D eigenvalue weighted by atomic mass is 10.1. The van der Waals surface area contributed by atoms with Crippen LogP contribution in [0.15, 0.2) is 72.3 Å². The monoisotopic (exact) mass is 490 g/mol. The van der Waals surface area contributed by atoms with Gasteiger partial charge in [0.1, 0.15) is 22.8 Å². The van der Waals surface area contributed by atoms with Crippen LogP contribution in [0.2, 0.25) is 0 Å². The molecule has 0 aromatic heterocycles. The van der Waals surface area contributed by atoms with E-state index >= 15 is 0 Å². The summed E-state index contributed by atoms with van der Waals surface area (Å²) in [4.78, 5) is 27.3. The van der Waals surface area contributed by atoms with Gasteiger partial charge in [0.05, 0.1) is 27.0 Å². The molecular weight excluding hydrogens is 468 g/mol. The Morgan fingerprint density at radius 1 is 0.800 bits per heavy atom. The number of amides is 2. The summed E-state index contributed by atoms with van der Waals surface area (Å²) in [5.74, 6) is 1.36. The van der Waals surface area contributed by atoms with E-state index in [0.717, 1.165) is 0 Å². The van der Waals surface area contributed by atoms with Gasteiger partial charge in [0.2, 0.25) is 0 Å². The smallest absolute Gasteiger partial charge is 0.270 e. The molecule has 4 rings (SSSR count). The quantitative estimate of drug-likeness (QED) is 0.300. The summed E-state index contributed by atoms with van der Waals surface area (Å²) in [7, 11) is 4.47. The molecule has 1 aliphatic rings. The molecule has 1 heterocycles. The van der Waals surface area contributed by atoms with E-state index in [0.29, 0.717) is 40.0 Å². The fourth-order valence-corrected chi connectivity index (χ4v) is 3.78. The molecule has 0 atom stereocenters. The molecule has 3 aromatic carbocycles. The Balaban J connectivity index is 1.66. The number of methoxy groups -OCH3 is 3. The van der Waals surface area contributed by atoms with Crippen LogP contribution in [0.5, 0.6) is 28.7 Å². The van der Waals surface area contributed by atoms with E-state index in [1.54, 1.807) is 36.4 Å². The van der Waals surface area contributed by atoms with Crippen LogP contribution in [0.1, 0.15) is 5.56 Å². The van der Waals surface area contributed by atoms with Crippen LogP contribution in [0.3, 0.4) is 0 Å². The van der Waals surface area contributed by atoms with Crippen LogP contribution in [0.25, 0.3) is 6.08 Å². The molecule has 178 valence electrons. The van der Waals surface area contributed by atoms with Crippen molar-refractivity contribution in [2.24, 2.45) is 0 Å². The summed E-state index contributed by atoms with van der Waals surface area (Å²) in [6.07, 6.45) is 1.43. The van der Waals surface area contributed by atoms with Crippen molar-refractivity contribution in [2.45, 2.75) is 0 Å². The summed E-state index contributed by atoms with van der Waals surface area (Å²) in [5.41, 5.74) is 0.822. The lowest BCUT2D eigenvalue weighted by molar-refractivity contribution is -0.122. The maximum atomic E-state index is 13.4. The second-order valence-electron chi connectivity index (χ2n) is 7.32. The van der Waals surface area contributed by atoms with E-state index < -0.39 is 11.8 Å². The minimum atomic E-state index is -0.614. The van der Waals surface area contributed by atoms with Gasteiger partial charge in [0, 0.05) is 11.6 Å². The van der Waals surface area contributed by atoms with Crippen molar-refractivity contribution >= 4 is 40.9 Å². The van der Waals surface area contributed by atoms with E-state index in [2.05, 4.69) is 5.32 Å². The Kier molecular flexibility index (Phi) is 6.98. The number of ether oxygens (including phenoxy) is 4. The molecule has 8 nitrogen and oxygen atoms in total. The number of anilines is 1. The summed E-state index contributed by atoms with van der Waals surface area (Å²) in [6, 6.07) is 19.4. The fraction of sp³-hybridized carbons (Fsp3) is 0.115. The number of benzene rings is 3. The van der Waals surface area contributed by atoms with Crippen molar-refractivity contribution < 1.29 is 28.5 Å². The SMILES string of the molecule is COc1cc(OC)c(OC)cc1/C=C1\C(=O)NC(=S)N(c2ccc(Oc3ccccc3)cc2)C1=O. The molecule has 2 amide bonds. The van der Waals surface area contributed by atoms with E-state index in [1.807, 2.05) is 30.3 Å². The molecule has 0 spiro atoms. The Hall–Kier alpha value is -4.37. The van der Waals surface area contributed by atoms with Gasteiger partial charge in [-0.15, -0.1) is 0 Å². The highest BCUT2D eigenvalue weighted by atomic mass is 32.1. The minimum Gasteiger partial charge on any atom is -0.496 e. The van der Waals surface area contributed by atoms with E-state index in [4.69, 9.17) is 31.2 Å². The number of carbonyl (C=O) groups excluding carboxylic acids is 2. The summed E-state index contributed by atoms with van der Waals surface area (Å²) >= 11 is 5.29. The molecule has 1 fully saturated rings. The fourth-order valence-electron chi connectivity index (χ4n) is 3.50. The second kappa shape index (κ2) is 10.3. The first-order chi connectivity index (χ1) is 16.9. The van der Waals surface area contributed by atoms with E-state index in [-0.39, 0.29) is 10.7 Å². The maximum Gasteiger partial charge on any atom is 0.270 e. The highest BCUT2D eigenvalue weighted by Gasteiger charge is 2.34. The Bertz CT molecular complexity index is 1310. The van der Waals surface area contributed by atoms with Crippen molar-refractivity contribution in [1.82, 2.24) is 5.32 Å². The van der Waals surface area contributed by atoms with Gasteiger partial charge in [0.15, 0.2) is 16.6 Å². The Morgan fingerprint density at radius 2 is 1.40 bits per heavy atom. The number of thiocarbonyl (C=S) groups is 1. The first-order valence-corrected chi connectivity index (χ1v) is 10.9. The Labute approximate surface area is 207 Å². The number of carbonyl (C=O) groups is 2. The van der Waals surface area contributed by atoms with Gasteiger partial charge in [-0.25, -0.2) is 0 Å². The lowest BCUT2D eigenvalue weighted by Gasteiger charge is -2.29. The van der Waals surface area contributed by atoms with Gasteiger partial charge in [-0.3, -0.25) is 19.8 Å². The average Bonchev–Trinajstić information content (AvgIpc) is 2.87. The Morgan fingerprint density at radius 3 is 2.03 bits per heavy atom. The third-order valence-corrected chi connectivity index (χ3v) is 5.50. The zero-order valence-electron chi connectivity index (χ0n) is 19.2. The standard InChI is InChI=1S/C26H22N2O6S/c1-31-21-15-23(33-3)22(32-2)14-16(21)13-20-24(29)27-26(35)28(25(20)30)17-9-11-19(12-10-17)34-18-7-5-4-6-8-18/h4-15H,1-3H3,(H,27,29,35)/b20-13+. The molecule has 0 saturated carbocycles. The number of rotatable bonds is 7. The first kappa shape index (κ1) is 23.8. The summed E-state index contributed by atoms with van der Waals surface area (Å²) < 4.78 is 21.9. The molecule has 0 radical (unpaired) electrons. The van der Waals surface area contributed by atoms with E-state index in [1.165, 1.54) is 32.3 Å². The van der Waals surface area contributed by atoms with Crippen molar-refractivity contribution in [3.8, 4) is 28.7 Å². The van der Waals surface area contributed by atoms with Crippen LogP contribution >= 0.6 is 12.2 Å². The molecule has 1 saturated heterocycles. The molecule has 0 bridgehead atoms. The molecular formula is C26H22N2O6S. The number of para-hydroxylation sites is 1. The number of hydrogen-bond donors (Lipinski definition) is 1. The molecule has 9 heteroatoms. The van der Waals surface area contributed by atoms with Crippen LogP contribution in [-0.2, 0) is 9.59 Å². The molecule has 0 unspecified atom stereocenters. The van der Waals surface area contributed by atoms with Crippen LogP contribution in [-0.4, -0.2) is 38.3 Å². The minimum absolute atomic E-state index is 0.0202. The average molecular weight is 491 g/mol. The number of hydrogen-bond acceptors (Lipinski definition) is 7. The van der Waals surface area contributed by atoms with Gasteiger partial charge < -0.3 is 18.9 Å². The van der Waals surface area contributed by atoms with Crippen LogP contribution in [0, 0.1) is 0 Å². The maximum absolute atomic E-state index is 13.4. The van der Waals surface area contributed by atoms with E-state index in [9.17, 15) is 9.59 Å². The van der Waals surface area contributed by atoms with Gasteiger partial charge in [-0.2, -0.15) is 0 Å². The largest absolute Gasteiger partial charge is 0.496 e. The molecule has 1 aliphatic heterocycles. The summed E-state index contributed by atoms with van der Waals surface area (Å²) in [5, 5.41) is 2.55. The second-order valence-corrected chi connectivity index (χ2v) is 7.70. The molecule has 35 heavy (non-hydrogen) atoms. The number of nitrogens with one attached hydrogen (secondary N) is 1. The number of nitrogens with zero attached hydrogens (tertiary/aromatic N) is 1. The topological polar surface area (TPSA) is 86.3 Å². The van der Waals surface area contributed by atoms with Crippen LogP contribution < -0.4 is 29.2 Å². The van der Waals surface area contributed by atoms with Crippen molar-refractivity contribution in [3.05, 3.63) is 77.9 Å². The third kappa shape index (κ3) is 4.95. The first-order valence-electron chi connectivity index (χ1n) is 10.5. The zero-order valence-corrected chi connectivity index (χ0v) is 20.0. The van der Waals surface area contributed by atoms with Gasteiger partial charge in [0.25, 0.3) is 11.8 Å². The highest BCUT2D eigenvalue weighted by molar-refractivity contribution is 7.80. The predicted octanol–water partition coefficient (Wildman–Crippen LogP) is 4.34. The molecule has 1 N–H and O–H groups in total. The lowest BCUT2D eigenvalue weighted by Crippen LogP contribution is -2.54. The molecule has 3 aromatic rings.